The number of amides is 1. The fourth-order valence-corrected chi connectivity index (χ4v) is 3.15. The average Bonchev–Trinajstić information content (AvgIpc) is 2.69. The Kier molecular flexibility index (Phi) is 6.55. The SMILES string of the molecule is O=C(NCCN1CCOCC1)c1ccccc1C(=O)c1ccc(Br)cc1. The summed E-state index contributed by atoms with van der Waals surface area (Å²) in [5.74, 6) is -0.379. The van der Waals surface area contributed by atoms with E-state index in [1.54, 1.807) is 36.4 Å². The molecule has 1 aliphatic rings. The number of rotatable bonds is 6. The van der Waals surface area contributed by atoms with Crippen molar-refractivity contribution in [2.75, 3.05) is 39.4 Å². The minimum atomic E-state index is -0.223. The van der Waals surface area contributed by atoms with Crippen LogP contribution in [0.1, 0.15) is 26.3 Å². The quantitative estimate of drug-likeness (QED) is 0.735. The Morgan fingerprint density at radius 1 is 1.00 bits per heavy atom. The molecule has 3 rings (SSSR count). The maximum atomic E-state index is 12.8. The summed E-state index contributed by atoms with van der Waals surface area (Å²) >= 11 is 3.36. The van der Waals surface area contributed by atoms with Crippen LogP contribution in [0.25, 0.3) is 0 Å². The minimum Gasteiger partial charge on any atom is -0.379 e. The van der Waals surface area contributed by atoms with Gasteiger partial charge in [-0.25, -0.2) is 0 Å². The van der Waals surface area contributed by atoms with E-state index < -0.39 is 0 Å². The van der Waals surface area contributed by atoms with Crippen LogP contribution in [0.15, 0.2) is 53.0 Å². The van der Waals surface area contributed by atoms with Crippen LogP contribution in [0.4, 0.5) is 0 Å². The van der Waals surface area contributed by atoms with Crippen molar-refractivity contribution >= 4 is 27.6 Å². The molecule has 0 radical (unpaired) electrons. The molecule has 2 aromatic rings. The van der Waals surface area contributed by atoms with Gasteiger partial charge in [0.15, 0.2) is 5.78 Å². The van der Waals surface area contributed by atoms with E-state index in [-0.39, 0.29) is 11.7 Å². The van der Waals surface area contributed by atoms with Crippen molar-refractivity contribution in [3.05, 3.63) is 69.7 Å². The molecule has 0 atom stereocenters. The van der Waals surface area contributed by atoms with Crippen molar-refractivity contribution in [2.45, 2.75) is 0 Å². The van der Waals surface area contributed by atoms with Crippen molar-refractivity contribution in [3.8, 4) is 0 Å². The Balaban J connectivity index is 1.66. The molecule has 2 aromatic carbocycles. The van der Waals surface area contributed by atoms with Gasteiger partial charge in [-0.3, -0.25) is 14.5 Å². The zero-order valence-electron chi connectivity index (χ0n) is 14.4. The lowest BCUT2D eigenvalue weighted by atomic mass is 9.98. The first-order valence-corrected chi connectivity index (χ1v) is 9.42. The molecule has 1 N–H and O–H groups in total. The second-order valence-corrected chi connectivity index (χ2v) is 7.01. The molecule has 0 spiro atoms. The number of nitrogens with one attached hydrogen (secondary N) is 1. The first kappa shape index (κ1) is 18.8. The van der Waals surface area contributed by atoms with E-state index in [0.717, 1.165) is 37.3 Å². The molecule has 0 aromatic heterocycles. The number of carbonyl (C=O) groups excluding carboxylic acids is 2. The van der Waals surface area contributed by atoms with Gasteiger partial charge in [-0.1, -0.05) is 34.1 Å². The lowest BCUT2D eigenvalue weighted by molar-refractivity contribution is 0.0383. The van der Waals surface area contributed by atoms with Gasteiger partial charge >= 0.3 is 0 Å². The molecule has 0 saturated carbocycles. The first-order chi connectivity index (χ1) is 12.6. The maximum absolute atomic E-state index is 12.8. The lowest BCUT2D eigenvalue weighted by Gasteiger charge is -2.26. The van der Waals surface area contributed by atoms with E-state index in [9.17, 15) is 9.59 Å². The summed E-state index contributed by atoms with van der Waals surface area (Å²) in [6.07, 6.45) is 0. The second-order valence-electron chi connectivity index (χ2n) is 6.09. The fraction of sp³-hybridized carbons (Fsp3) is 0.300. The predicted molar refractivity (Wildman–Crippen MR) is 104 cm³/mol. The van der Waals surface area contributed by atoms with Crippen LogP contribution in [-0.2, 0) is 4.74 Å². The predicted octanol–water partition coefficient (Wildman–Crippen LogP) is 2.74. The van der Waals surface area contributed by atoms with Gasteiger partial charge < -0.3 is 10.1 Å². The standard InChI is InChI=1S/C20H21BrN2O3/c21-16-7-5-15(6-8-16)19(24)17-3-1-2-4-18(17)20(25)22-9-10-23-11-13-26-14-12-23/h1-8H,9-14H2,(H,22,25). The fourth-order valence-electron chi connectivity index (χ4n) is 2.88. The van der Waals surface area contributed by atoms with Gasteiger partial charge in [0.1, 0.15) is 0 Å². The van der Waals surface area contributed by atoms with E-state index in [4.69, 9.17) is 4.74 Å². The molecule has 0 bridgehead atoms. The normalized spacial score (nSPS) is 14.8. The van der Waals surface area contributed by atoms with Gasteiger partial charge in [0.25, 0.3) is 5.91 Å². The lowest BCUT2D eigenvalue weighted by Crippen LogP contribution is -2.41. The van der Waals surface area contributed by atoms with Crippen LogP contribution in [0.2, 0.25) is 0 Å². The highest BCUT2D eigenvalue weighted by Crippen LogP contribution is 2.17. The highest BCUT2D eigenvalue weighted by Gasteiger charge is 2.18. The van der Waals surface area contributed by atoms with Gasteiger partial charge in [0.05, 0.1) is 18.8 Å². The third-order valence-electron chi connectivity index (χ3n) is 4.34. The Morgan fingerprint density at radius 2 is 1.65 bits per heavy atom. The van der Waals surface area contributed by atoms with Crippen LogP contribution in [0.5, 0.6) is 0 Å². The molecule has 5 nitrogen and oxygen atoms in total. The third-order valence-corrected chi connectivity index (χ3v) is 4.87. The van der Waals surface area contributed by atoms with Crippen LogP contribution in [0.3, 0.4) is 0 Å². The molecule has 1 heterocycles. The number of nitrogens with zero attached hydrogens (tertiary/aromatic N) is 1. The van der Waals surface area contributed by atoms with Gasteiger partial charge in [-0.05, 0) is 30.3 Å². The summed E-state index contributed by atoms with van der Waals surface area (Å²) < 4.78 is 6.22. The number of ketones is 1. The van der Waals surface area contributed by atoms with Gasteiger partial charge in [-0.15, -0.1) is 0 Å². The Bertz CT molecular complexity index is 771. The number of hydrogen-bond donors (Lipinski definition) is 1. The molecule has 1 aliphatic heterocycles. The van der Waals surface area contributed by atoms with Gasteiger partial charge in [0, 0.05) is 41.8 Å². The van der Waals surface area contributed by atoms with Gasteiger partial charge in [-0.2, -0.15) is 0 Å². The monoisotopic (exact) mass is 416 g/mol. The molecule has 1 amide bonds. The molecular weight excluding hydrogens is 396 g/mol. The van der Waals surface area contributed by atoms with E-state index in [1.165, 1.54) is 0 Å². The number of ether oxygens (including phenoxy) is 1. The largest absolute Gasteiger partial charge is 0.379 e. The summed E-state index contributed by atoms with van der Waals surface area (Å²) in [7, 11) is 0. The number of morpholine rings is 1. The van der Waals surface area contributed by atoms with E-state index in [1.807, 2.05) is 12.1 Å². The van der Waals surface area contributed by atoms with E-state index in [0.29, 0.717) is 23.2 Å². The number of hydrogen-bond acceptors (Lipinski definition) is 4. The highest BCUT2D eigenvalue weighted by molar-refractivity contribution is 9.10. The van der Waals surface area contributed by atoms with Crippen LogP contribution in [0, 0.1) is 0 Å². The first-order valence-electron chi connectivity index (χ1n) is 8.63. The molecule has 0 aliphatic carbocycles. The van der Waals surface area contributed by atoms with E-state index in [2.05, 4.69) is 26.1 Å². The van der Waals surface area contributed by atoms with Crippen LogP contribution >= 0.6 is 15.9 Å². The number of benzene rings is 2. The van der Waals surface area contributed by atoms with Crippen molar-refractivity contribution in [2.24, 2.45) is 0 Å². The molecule has 26 heavy (non-hydrogen) atoms. The average molecular weight is 417 g/mol. The third kappa shape index (κ3) is 4.78. The summed E-state index contributed by atoms with van der Waals surface area (Å²) in [6.45, 7) is 4.55. The van der Waals surface area contributed by atoms with Crippen molar-refractivity contribution < 1.29 is 14.3 Å². The molecule has 136 valence electrons. The molecule has 6 heteroatoms. The zero-order valence-corrected chi connectivity index (χ0v) is 16.0. The Hall–Kier alpha value is -2.02. The topological polar surface area (TPSA) is 58.6 Å². The maximum Gasteiger partial charge on any atom is 0.252 e. The van der Waals surface area contributed by atoms with Crippen molar-refractivity contribution in [1.29, 1.82) is 0 Å². The zero-order chi connectivity index (χ0) is 18.4. The molecule has 1 fully saturated rings. The molecule has 0 unspecified atom stereocenters. The van der Waals surface area contributed by atoms with Crippen LogP contribution < -0.4 is 5.32 Å². The number of carbonyl (C=O) groups is 2. The highest BCUT2D eigenvalue weighted by atomic mass is 79.9. The van der Waals surface area contributed by atoms with Crippen LogP contribution in [-0.4, -0.2) is 56.0 Å². The molecule has 1 saturated heterocycles. The number of halogens is 1. The Labute approximate surface area is 161 Å². The minimum absolute atomic E-state index is 0.156. The van der Waals surface area contributed by atoms with Gasteiger partial charge in [0.2, 0.25) is 0 Å². The molecular formula is C20H21BrN2O3. The summed E-state index contributed by atoms with van der Waals surface area (Å²) in [5, 5.41) is 2.92. The summed E-state index contributed by atoms with van der Waals surface area (Å²) in [4.78, 5) is 27.6. The summed E-state index contributed by atoms with van der Waals surface area (Å²) in [5.41, 5.74) is 1.38. The van der Waals surface area contributed by atoms with E-state index >= 15 is 0 Å². The Morgan fingerprint density at radius 3 is 2.35 bits per heavy atom. The van der Waals surface area contributed by atoms with Crippen molar-refractivity contribution in [1.82, 2.24) is 10.2 Å². The van der Waals surface area contributed by atoms with Crippen molar-refractivity contribution in [3.63, 3.8) is 0 Å². The summed E-state index contributed by atoms with van der Waals surface area (Å²) in [6, 6.07) is 14.1. The smallest absolute Gasteiger partial charge is 0.252 e. The second kappa shape index (κ2) is 9.07.